The Balaban J connectivity index is 0.000000840. The molecule has 5 aromatic rings. The summed E-state index contributed by atoms with van der Waals surface area (Å²) in [5.74, 6) is -2.78. The zero-order valence-electron chi connectivity index (χ0n) is 25.8. The standard InChI is InChI=1S/C31H27F3N6O3.CH4O3S/c1-39-13-22(27-29(35)36-16-37-30(27)39)20-10-25(34)26(11-24(20)33)38-31(42)23-15-40(12-17-6-8-43-9-7-17)14-21(28(23)41)18-2-4-19(32)5-3-18;1-5(2,3)4/h2-5,10-11,13-17H,6-9,12H2,1H3,(H,38,42)(H2,35,36,37);1H3,(H,2,3,4). The lowest BCUT2D eigenvalue weighted by molar-refractivity contribution is 0.0612. The van der Waals surface area contributed by atoms with Crippen LogP contribution >= 0.6 is 0 Å². The van der Waals surface area contributed by atoms with Crippen LogP contribution < -0.4 is 16.5 Å². The number of nitrogens with one attached hydrogen (secondary N) is 1. The summed E-state index contributed by atoms with van der Waals surface area (Å²) in [6, 6.07) is 7.15. The topological polar surface area (TPSA) is 171 Å². The van der Waals surface area contributed by atoms with E-state index in [0.29, 0.717) is 42.6 Å². The molecule has 1 amide bonds. The van der Waals surface area contributed by atoms with Gasteiger partial charge in [0, 0.05) is 68.2 Å². The van der Waals surface area contributed by atoms with Gasteiger partial charge in [0.1, 0.15) is 40.8 Å². The minimum Gasteiger partial charge on any atom is -0.383 e. The Kier molecular flexibility index (Phi) is 9.98. The molecule has 3 aromatic heterocycles. The van der Waals surface area contributed by atoms with Crippen molar-refractivity contribution in [1.82, 2.24) is 19.1 Å². The molecule has 0 spiro atoms. The van der Waals surface area contributed by atoms with Crippen LogP contribution in [0.2, 0.25) is 0 Å². The van der Waals surface area contributed by atoms with Gasteiger partial charge >= 0.3 is 0 Å². The molecule has 252 valence electrons. The number of fused-ring (bicyclic) bond motifs is 1. The van der Waals surface area contributed by atoms with Crippen molar-refractivity contribution >= 4 is 38.6 Å². The Bertz CT molecular complexity index is 2160. The SMILES string of the molecule is CS(=O)(=O)O.Cn1cc(-c2cc(F)c(NC(=O)c3cn(CC4CCOCC4)cc(-c4ccc(F)cc4)c3=O)cc2F)c2c(N)ncnc21. The molecule has 12 nitrogen and oxygen atoms in total. The van der Waals surface area contributed by atoms with Crippen LogP contribution in [0.1, 0.15) is 23.2 Å². The van der Waals surface area contributed by atoms with Crippen LogP contribution in [0.4, 0.5) is 24.7 Å². The van der Waals surface area contributed by atoms with E-state index in [9.17, 15) is 22.4 Å². The second-order valence-electron chi connectivity index (χ2n) is 11.3. The van der Waals surface area contributed by atoms with Crippen LogP contribution in [0, 0.1) is 23.4 Å². The average molecular weight is 685 g/mol. The minimum atomic E-state index is -3.67. The van der Waals surface area contributed by atoms with Crippen LogP contribution in [0.5, 0.6) is 0 Å². The summed E-state index contributed by atoms with van der Waals surface area (Å²) >= 11 is 0. The predicted molar refractivity (Wildman–Crippen MR) is 173 cm³/mol. The van der Waals surface area contributed by atoms with E-state index >= 15 is 8.78 Å². The van der Waals surface area contributed by atoms with Gasteiger partial charge in [-0.05, 0) is 42.5 Å². The Morgan fingerprint density at radius 2 is 1.69 bits per heavy atom. The van der Waals surface area contributed by atoms with Gasteiger partial charge in [0.2, 0.25) is 5.43 Å². The Labute approximate surface area is 272 Å². The molecular weight excluding hydrogens is 653 g/mol. The van der Waals surface area contributed by atoms with Gasteiger partial charge in [-0.1, -0.05) is 12.1 Å². The van der Waals surface area contributed by atoms with Gasteiger partial charge in [-0.2, -0.15) is 8.42 Å². The number of pyridine rings is 1. The molecule has 1 saturated heterocycles. The van der Waals surface area contributed by atoms with Crippen molar-refractivity contribution in [2.24, 2.45) is 13.0 Å². The number of hydrogen-bond acceptors (Lipinski definition) is 8. The van der Waals surface area contributed by atoms with Crippen molar-refractivity contribution in [3.8, 4) is 22.3 Å². The maximum absolute atomic E-state index is 15.4. The number of benzene rings is 2. The summed E-state index contributed by atoms with van der Waals surface area (Å²) in [5, 5.41) is 2.72. The molecule has 0 bridgehead atoms. The van der Waals surface area contributed by atoms with Crippen molar-refractivity contribution in [1.29, 1.82) is 0 Å². The maximum Gasteiger partial charge on any atom is 0.261 e. The van der Waals surface area contributed by atoms with Crippen LogP contribution in [0.3, 0.4) is 0 Å². The molecule has 2 aromatic carbocycles. The van der Waals surface area contributed by atoms with Crippen LogP contribution in [0.15, 0.2) is 66.1 Å². The Morgan fingerprint density at radius 3 is 2.35 bits per heavy atom. The van der Waals surface area contributed by atoms with Crippen molar-refractivity contribution in [2.45, 2.75) is 19.4 Å². The van der Waals surface area contributed by atoms with E-state index in [2.05, 4.69) is 15.3 Å². The molecule has 1 fully saturated rings. The molecule has 0 saturated carbocycles. The first-order chi connectivity index (χ1) is 22.7. The summed E-state index contributed by atoms with van der Waals surface area (Å²) in [6.07, 6.45) is 8.20. The van der Waals surface area contributed by atoms with Gasteiger partial charge in [0.25, 0.3) is 16.0 Å². The van der Waals surface area contributed by atoms with Gasteiger partial charge in [0.05, 0.1) is 17.3 Å². The molecule has 6 rings (SSSR count). The van der Waals surface area contributed by atoms with Crippen LogP contribution in [-0.4, -0.2) is 57.4 Å². The van der Waals surface area contributed by atoms with Gasteiger partial charge in [-0.15, -0.1) is 0 Å². The van der Waals surface area contributed by atoms with Crippen molar-refractivity contribution in [3.63, 3.8) is 0 Å². The number of carbonyl (C=O) groups excluding carboxylic acids is 1. The fourth-order valence-corrected chi connectivity index (χ4v) is 5.44. The number of anilines is 2. The summed E-state index contributed by atoms with van der Waals surface area (Å²) in [6.45, 7) is 1.73. The number of nitrogen functional groups attached to an aromatic ring is 1. The lowest BCUT2D eigenvalue weighted by Crippen LogP contribution is -2.27. The van der Waals surface area contributed by atoms with Crippen molar-refractivity contribution in [2.75, 3.05) is 30.5 Å². The molecule has 16 heteroatoms. The molecular formula is C32H31F3N6O6S. The monoisotopic (exact) mass is 684 g/mol. The molecule has 0 radical (unpaired) electrons. The van der Waals surface area contributed by atoms with E-state index in [1.54, 1.807) is 28.6 Å². The number of aryl methyl sites for hydroxylation is 1. The van der Waals surface area contributed by atoms with Crippen LogP contribution in [0.25, 0.3) is 33.3 Å². The first kappa shape index (κ1) is 34.3. The summed E-state index contributed by atoms with van der Waals surface area (Å²) in [5.41, 5.74) is 5.89. The van der Waals surface area contributed by atoms with E-state index < -0.39 is 44.6 Å². The van der Waals surface area contributed by atoms with E-state index in [1.165, 1.54) is 36.8 Å². The highest BCUT2D eigenvalue weighted by Gasteiger charge is 2.23. The predicted octanol–water partition coefficient (Wildman–Crippen LogP) is 4.65. The number of nitrogens with zero attached hydrogens (tertiary/aromatic N) is 4. The third kappa shape index (κ3) is 7.90. The molecule has 4 N–H and O–H groups in total. The van der Waals surface area contributed by atoms with Gasteiger partial charge in [-0.3, -0.25) is 14.1 Å². The minimum absolute atomic E-state index is 0.0975. The van der Waals surface area contributed by atoms with Gasteiger partial charge in [0.15, 0.2) is 0 Å². The molecule has 1 aliphatic heterocycles. The number of carbonyl (C=O) groups is 1. The van der Waals surface area contributed by atoms with Crippen LogP contribution in [-0.2, 0) is 28.4 Å². The number of rotatable bonds is 6. The quantitative estimate of drug-likeness (QED) is 0.216. The van der Waals surface area contributed by atoms with E-state index in [0.717, 1.165) is 25.0 Å². The second-order valence-corrected chi connectivity index (χ2v) is 12.8. The smallest absolute Gasteiger partial charge is 0.261 e. The maximum atomic E-state index is 15.4. The zero-order valence-corrected chi connectivity index (χ0v) is 26.6. The number of aromatic nitrogens is 4. The number of ether oxygens (including phenoxy) is 1. The fraction of sp³-hybridized carbons (Fsp3) is 0.250. The number of amides is 1. The average Bonchev–Trinajstić information content (AvgIpc) is 3.36. The molecule has 0 aliphatic carbocycles. The highest BCUT2D eigenvalue weighted by atomic mass is 32.2. The Hall–Kier alpha value is -5.06. The number of hydrogen-bond donors (Lipinski definition) is 3. The first-order valence-electron chi connectivity index (χ1n) is 14.6. The summed E-state index contributed by atoms with van der Waals surface area (Å²) in [7, 11) is -1.98. The molecule has 4 heterocycles. The molecule has 1 aliphatic rings. The number of nitrogens with two attached hydrogens (primary N) is 1. The lowest BCUT2D eigenvalue weighted by Gasteiger charge is -2.23. The zero-order chi connectivity index (χ0) is 34.7. The first-order valence-corrected chi connectivity index (χ1v) is 16.4. The number of halogens is 3. The van der Waals surface area contributed by atoms with Gasteiger partial charge < -0.3 is 24.9 Å². The molecule has 48 heavy (non-hydrogen) atoms. The second kappa shape index (κ2) is 14.0. The van der Waals surface area contributed by atoms with E-state index in [-0.39, 0.29) is 34.0 Å². The summed E-state index contributed by atoms with van der Waals surface area (Å²) < 4.78 is 79.1. The van der Waals surface area contributed by atoms with Crippen molar-refractivity contribution < 1.29 is 35.7 Å². The Morgan fingerprint density at radius 1 is 1.02 bits per heavy atom. The fourth-order valence-electron chi connectivity index (χ4n) is 5.44. The highest BCUT2D eigenvalue weighted by molar-refractivity contribution is 7.85. The van der Waals surface area contributed by atoms with E-state index in [4.69, 9.17) is 15.0 Å². The highest BCUT2D eigenvalue weighted by Crippen LogP contribution is 2.35. The van der Waals surface area contributed by atoms with E-state index in [1.807, 2.05) is 0 Å². The normalized spacial score (nSPS) is 13.6. The van der Waals surface area contributed by atoms with Gasteiger partial charge in [-0.25, -0.2) is 23.1 Å². The molecule has 0 atom stereocenters. The third-order valence-corrected chi connectivity index (χ3v) is 7.67. The molecule has 0 unspecified atom stereocenters. The summed E-state index contributed by atoms with van der Waals surface area (Å²) in [4.78, 5) is 35.0. The third-order valence-electron chi connectivity index (χ3n) is 7.67. The largest absolute Gasteiger partial charge is 0.383 e. The van der Waals surface area contributed by atoms with Crippen molar-refractivity contribution in [3.05, 3.63) is 94.6 Å². The lowest BCUT2D eigenvalue weighted by atomic mass is 9.99.